The highest BCUT2D eigenvalue weighted by atomic mass is 32.1. The smallest absolute Gasteiger partial charge is 0.270 e. The molecule has 0 radical (unpaired) electrons. The van der Waals surface area contributed by atoms with Crippen LogP contribution < -0.4 is 0 Å². The first-order valence-corrected chi connectivity index (χ1v) is 9.09. The molecule has 26 heavy (non-hydrogen) atoms. The maximum atomic E-state index is 13.5. The van der Waals surface area contributed by atoms with E-state index in [1.54, 1.807) is 41.7 Å². The molecule has 6 heteroatoms. The first kappa shape index (κ1) is 16.6. The van der Waals surface area contributed by atoms with Gasteiger partial charge in [-0.25, -0.2) is 4.39 Å². The molecule has 0 atom stereocenters. The highest BCUT2D eigenvalue weighted by Crippen LogP contribution is 2.24. The Bertz CT molecular complexity index is 1050. The number of halogens is 1. The second-order valence-electron chi connectivity index (χ2n) is 6.16. The Morgan fingerprint density at radius 2 is 2.12 bits per heavy atom. The van der Waals surface area contributed by atoms with E-state index in [0.717, 1.165) is 16.0 Å². The summed E-state index contributed by atoms with van der Waals surface area (Å²) in [4.78, 5) is 15.8. The third-order valence-corrected chi connectivity index (χ3v) is 5.15. The summed E-state index contributed by atoms with van der Waals surface area (Å²) < 4.78 is 20.9. The van der Waals surface area contributed by atoms with Crippen LogP contribution in [-0.4, -0.2) is 22.4 Å². The van der Waals surface area contributed by atoms with Crippen LogP contribution in [0.25, 0.3) is 11.1 Å². The summed E-state index contributed by atoms with van der Waals surface area (Å²) in [6.45, 7) is 0.942. The average molecular weight is 368 g/mol. The number of hydrogen-bond donors (Lipinski definition) is 0. The topological polar surface area (TPSA) is 38.4 Å². The lowest BCUT2D eigenvalue weighted by Gasteiger charge is -2.18. The number of nitrogens with zero attached hydrogens (tertiary/aromatic N) is 2. The molecule has 4 nitrogen and oxygen atoms in total. The van der Waals surface area contributed by atoms with Crippen LogP contribution in [0, 0.1) is 5.82 Å². The maximum absolute atomic E-state index is 13.5. The molecule has 1 aromatic carbocycles. The van der Waals surface area contributed by atoms with E-state index < -0.39 is 0 Å². The second kappa shape index (κ2) is 6.80. The molecule has 3 aromatic heterocycles. The zero-order chi connectivity index (χ0) is 18.1. The van der Waals surface area contributed by atoms with Gasteiger partial charge < -0.3 is 13.9 Å². The van der Waals surface area contributed by atoms with E-state index in [4.69, 9.17) is 4.42 Å². The summed E-state index contributed by atoms with van der Waals surface area (Å²) in [5, 5.41) is 1.99. The van der Waals surface area contributed by atoms with E-state index in [1.165, 1.54) is 12.1 Å². The molecular formula is C20H17FN2O2S. The van der Waals surface area contributed by atoms with E-state index in [0.29, 0.717) is 24.4 Å². The highest BCUT2D eigenvalue weighted by molar-refractivity contribution is 7.09. The standard InChI is InChI=1S/C20H17FN2O2S/c1-22(13-16-6-3-9-26-16)20(24)18-11-19-17(7-8-25-19)23(18)12-14-4-2-5-15(21)10-14/h2-11H,12-13H2,1H3. The SMILES string of the molecule is CN(Cc1cccs1)C(=O)c1cc2occc2n1Cc1cccc(F)c1. The number of rotatable bonds is 5. The first-order chi connectivity index (χ1) is 12.6. The third-order valence-electron chi connectivity index (χ3n) is 4.29. The number of carbonyl (C=O) groups excluding carboxylic acids is 1. The first-order valence-electron chi connectivity index (χ1n) is 8.21. The molecule has 0 fully saturated rings. The van der Waals surface area contributed by atoms with Crippen LogP contribution in [0.5, 0.6) is 0 Å². The largest absolute Gasteiger partial charge is 0.463 e. The van der Waals surface area contributed by atoms with Crippen molar-refractivity contribution in [3.05, 3.63) is 82.1 Å². The molecule has 0 saturated heterocycles. The van der Waals surface area contributed by atoms with Crippen LogP contribution >= 0.6 is 11.3 Å². The molecule has 3 heterocycles. The summed E-state index contributed by atoms with van der Waals surface area (Å²) >= 11 is 1.62. The molecule has 0 N–H and O–H groups in total. The van der Waals surface area contributed by atoms with Crippen LogP contribution in [0.4, 0.5) is 4.39 Å². The Kier molecular flexibility index (Phi) is 4.34. The van der Waals surface area contributed by atoms with Crippen LogP contribution in [0.1, 0.15) is 20.9 Å². The van der Waals surface area contributed by atoms with E-state index in [-0.39, 0.29) is 11.7 Å². The Hall–Kier alpha value is -2.86. The van der Waals surface area contributed by atoms with E-state index >= 15 is 0 Å². The minimum atomic E-state index is -0.291. The molecular weight excluding hydrogens is 351 g/mol. The van der Waals surface area contributed by atoms with Gasteiger partial charge in [-0.1, -0.05) is 18.2 Å². The van der Waals surface area contributed by atoms with E-state index in [9.17, 15) is 9.18 Å². The predicted molar refractivity (Wildman–Crippen MR) is 99.8 cm³/mol. The Labute approximate surface area is 154 Å². The molecule has 0 unspecified atom stereocenters. The quantitative estimate of drug-likeness (QED) is 0.510. The number of hydrogen-bond acceptors (Lipinski definition) is 3. The zero-order valence-electron chi connectivity index (χ0n) is 14.2. The van der Waals surface area contributed by atoms with Gasteiger partial charge in [-0.05, 0) is 29.1 Å². The molecule has 0 aliphatic carbocycles. The predicted octanol–water partition coefficient (Wildman–Crippen LogP) is 4.76. The van der Waals surface area contributed by atoms with Crippen molar-refractivity contribution < 1.29 is 13.6 Å². The van der Waals surface area contributed by atoms with Gasteiger partial charge in [0.05, 0.1) is 18.3 Å². The molecule has 4 rings (SSSR count). The number of benzene rings is 1. The third kappa shape index (κ3) is 3.15. The summed E-state index contributed by atoms with van der Waals surface area (Å²) in [7, 11) is 1.78. The summed E-state index contributed by atoms with van der Waals surface area (Å²) in [6.07, 6.45) is 1.59. The molecule has 1 amide bonds. The fourth-order valence-electron chi connectivity index (χ4n) is 3.05. The highest BCUT2D eigenvalue weighted by Gasteiger charge is 2.21. The van der Waals surface area contributed by atoms with Crippen molar-refractivity contribution >= 4 is 28.3 Å². The van der Waals surface area contributed by atoms with E-state index in [1.807, 2.05) is 34.2 Å². The van der Waals surface area contributed by atoms with Gasteiger partial charge in [-0.2, -0.15) is 0 Å². The van der Waals surface area contributed by atoms with Gasteiger partial charge >= 0.3 is 0 Å². The fourth-order valence-corrected chi connectivity index (χ4v) is 3.80. The average Bonchev–Trinajstić information content (AvgIpc) is 3.33. The fraction of sp³-hybridized carbons (Fsp3) is 0.150. The number of aromatic nitrogens is 1. The van der Waals surface area contributed by atoms with Crippen molar-refractivity contribution in [3.63, 3.8) is 0 Å². The minimum Gasteiger partial charge on any atom is -0.463 e. The zero-order valence-corrected chi connectivity index (χ0v) is 15.0. The molecule has 0 bridgehead atoms. The minimum absolute atomic E-state index is 0.0961. The number of furan rings is 1. The van der Waals surface area contributed by atoms with Gasteiger partial charge in [0.25, 0.3) is 5.91 Å². The summed E-state index contributed by atoms with van der Waals surface area (Å²) in [5.41, 5.74) is 2.79. The van der Waals surface area contributed by atoms with Crippen LogP contribution in [-0.2, 0) is 13.1 Å². The van der Waals surface area contributed by atoms with Crippen LogP contribution in [0.2, 0.25) is 0 Å². The van der Waals surface area contributed by atoms with E-state index in [2.05, 4.69) is 0 Å². The summed E-state index contributed by atoms with van der Waals surface area (Å²) in [5.74, 6) is -0.387. The van der Waals surface area contributed by atoms with Crippen molar-refractivity contribution in [2.45, 2.75) is 13.1 Å². The lowest BCUT2D eigenvalue weighted by molar-refractivity contribution is 0.0776. The van der Waals surface area contributed by atoms with Crippen molar-refractivity contribution in [3.8, 4) is 0 Å². The monoisotopic (exact) mass is 368 g/mol. The molecule has 0 aliphatic heterocycles. The molecule has 0 aliphatic rings. The van der Waals surface area contributed by atoms with Gasteiger partial charge in [0.1, 0.15) is 11.5 Å². The molecule has 0 saturated carbocycles. The van der Waals surface area contributed by atoms with Crippen LogP contribution in [0.3, 0.4) is 0 Å². The van der Waals surface area contributed by atoms with Gasteiger partial charge in [0, 0.05) is 30.6 Å². The van der Waals surface area contributed by atoms with Crippen molar-refractivity contribution in [1.82, 2.24) is 9.47 Å². The Morgan fingerprint density at radius 3 is 2.88 bits per heavy atom. The van der Waals surface area contributed by atoms with Crippen LogP contribution in [0.15, 0.2) is 64.6 Å². The number of carbonyl (C=O) groups is 1. The summed E-state index contributed by atoms with van der Waals surface area (Å²) in [6, 6.07) is 14.0. The van der Waals surface area contributed by atoms with Gasteiger partial charge in [-0.15, -0.1) is 11.3 Å². The number of amides is 1. The lowest BCUT2D eigenvalue weighted by Crippen LogP contribution is -2.28. The van der Waals surface area contributed by atoms with Gasteiger partial charge in [0.2, 0.25) is 0 Å². The van der Waals surface area contributed by atoms with Gasteiger partial charge in [-0.3, -0.25) is 4.79 Å². The van der Waals surface area contributed by atoms with Gasteiger partial charge in [0.15, 0.2) is 5.58 Å². The molecule has 0 spiro atoms. The second-order valence-corrected chi connectivity index (χ2v) is 7.19. The number of thiophene rings is 1. The molecule has 132 valence electrons. The molecule has 4 aromatic rings. The van der Waals surface area contributed by atoms with Crippen molar-refractivity contribution in [2.75, 3.05) is 7.05 Å². The normalized spacial score (nSPS) is 11.2. The Balaban J connectivity index is 1.68. The maximum Gasteiger partial charge on any atom is 0.270 e. The Morgan fingerprint density at radius 1 is 1.23 bits per heavy atom. The van der Waals surface area contributed by atoms with Crippen molar-refractivity contribution in [1.29, 1.82) is 0 Å². The number of fused-ring (bicyclic) bond motifs is 1. The lowest BCUT2D eigenvalue weighted by atomic mass is 10.2. The van der Waals surface area contributed by atoms with Crippen molar-refractivity contribution in [2.24, 2.45) is 0 Å².